The van der Waals surface area contributed by atoms with Crippen molar-refractivity contribution in [1.29, 1.82) is 0 Å². The van der Waals surface area contributed by atoms with Crippen LogP contribution in [-0.2, 0) is 19.1 Å². The molecule has 1 N–H and O–H groups in total. The van der Waals surface area contributed by atoms with Gasteiger partial charge in [0.2, 0.25) is 5.91 Å². The summed E-state index contributed by atoms with van der Waals surface area (Å²) < 4.78 is 5.33. The number of nitrogens with one attached hydrogen (secondary N) is 1. The molecule has 4 nitrogen and oxygen atoms in total. The number of rotatable bonds is 6. The molecule has 0 aromatic heterocycles. The molecular weight excluding hydrogens is 418 g/mol. The van der Waals surface area contributed by atoms with Crippen molar-refractivity contribution in [2.45, 2.75) is 56.0 Å². The third kappa shape index (κ3) is 5.38. The Labute approximate surface area is 187 Å². The summed E-state index contributed by atoms with van der Waals surface area (Å²) in [6.45, 7) is 0.695. The van der Waals surface area contributed by atoms with E-state index >= 15 is 0 Å². The van der Waals surface area contributed by atoms with E-state index in [1.54, 1.807) is 0 Å². The number of hydrogen-bond acceptors (Lipinski definition) is 4. The Hall–Kier alpha value is -1.53. The summed E-state index contributed by atoms with van der Waals surface area (Å²) in [5.41, 5.74) is 6.13. The van der Waals surface area contributed by atoms with Crippen LogP contribution in [-0.4, -0.2) is 24.6 Å². The predicted molar refractivity (Wildman–Crippen MR) is 122 cm³/mol. The van der Waals surface area contributed by atoms with Crippen molar-refractivity contribution >= 4 is 29.3 Å². The monoisotopic (exact) mass is 445 g/mol. The van der Waals surface area contributed by atoms with Gasteiger partial charge in [0, 0.05) is 29.2 Å². The van der Waals surface area contributed by atoms with Crippen molar-refractivity contribution in [2.75, 3.05) is 12.4 Å². The Balaban J connectivity index is 1.45. The van der Waals surface area contributed by atoms with E-state index in [0.717, 1.165) is 54.0 Å². The van der Waals surface area contributed by atoms with Crippen molar-refractivity contribution < 1.29 is 14.4 Å². The highest BCUT2D eigenvalue weighted by molar-refractivity contribution is 8.00. The first-order chi connectivity index (χ1) is 14.6. The minimum Gasteiger partial charge on any atom is -0.350 e. The Kier molecular flexibility index (Phi) is 7.37. The molecule has 6 heteroatoms. The lowest BCUT2D eigenvalue weighted by molar-refractivity contribution is -0.200. The van der Waals surface area contributed by atoms with E-state index in [-0.39, 0.29) is 16.9 Å². The average Bonchev–Trinajstić information content (AvgIpc) is 2.80. The number of carbonyl (C=O) groups is 1. The molecule has 2 heterocycles. The summed E-state index contributed by atoms with van der Waals surface area (Å²) in [4.78, 5) is 18.2. The molecule has 2 aliphatic rings. The van der Waals surface area contributed by atoms with Crippen LogP contribution in [0.2, 0.25) is 5.02 Å². The van der Waals surface area contributed by atoms with Crippen LogP contribution in [0.3, 0.4) is 0 Å². The zero-order valence-electron chi connectivity index (χ0n) is 17.1. The third-order valence-electron chi connectivity index (χ3n) is 5.83. The van der Waals surface area contributed by atoms with Gasteiger partial charge in [0.25, 0.3) is 0 Å². The quantitative estimate of drug-likeness (QED) is 0.547. The molecule has 0 aliphatic carbocycles. The maximum absolute atomic E-state index is 12.7. The summed E-state index contributed by atoms with van der Waals surface area (Å²) >= 11 is 7.90. The maximum atomic E-state index is 12.7. The van der Waals surface area contributed by atoms with Crippen LogP contribution in [0, 0.1) is 0 Å². The number of hydrogen-bond donors (Lipinski definition) is 1. The molecule has 30 heavy (non-hydrogen) atoms. The minimum absolute atomic E-state index is 0.0830. The van der Waals surface area contributed by atoms with E-state index in [1.165, 1.54) is 12.0 Å². The van der Waals surface area contributed by atoms with Gasteiger partial charge in [-0.25, -0.2) is 10.3 Å². The number of halogens is 1. The highest BCUT2D eigenvalue weighted by atomic mass is 35.5. The Bertz CT molecular complexity index is 829. The summed E-state index contributed by atoms with van der Waals surface area (Å²) in [6.07, 6.45) is 6.36. The second-order valence-corrected chi connectivity index (χ2v) is 9.91. The van der Waals surface area contributed by atoms with Gasteiger partial charge < -0.3 is 4.74 Å². The molecule has 1 amide bonds. The SMILES string of the molecule is O=C(CC1(c2ccc(-c3ccc(Cl)cc3)cc2)CCCCS1)NOC1CCCCO1. The third-order valence-corrected chi connectivity index (χ3v) is 7.71. The van der Waals surface area contributed by atoms with Crippen molar-refractivity contribution in [2.24, 2.45) is 0 Å². The lowest BCUT2D eigenvalue weighted by Crippen LogP contribution is -2.37. The van der Waals surface area contributed by atoms with E-state index in [0.29, 0.717) is 13.0 Å². The molecule has 2 aliphatic heterocycles. The number of hydroxylamine groups is 1. The predicted octanol–water partition coefficient (Wildman–Crippen LogP) is 6.08. The van der Waals surface area contributed by atoms with Gasteiger partial charge in [-0.3, -0.25) is 4.79 Å². The van der Waals surface area contributed by atoms with Crippen LogP contribution < -0.4 is 5.48 Å². The smallest absolute Gasteiger partial charge is 0.245 e. The number of carbonyl (C=O) groups excluding carboxylic acids is 1. The first kappa shape index (κ1) is 21.7. The summed E-state index contributed by atoms with van der Waals surface area (Å²) in [5, 5.41) is 0.736. The van der Waals surface area contributed by atoms with Crippen molar-refractivity contribution in [3.05, 3.63) is 59.1 Å². The van der Waals surface area contributed by atoms with Crippen LogP contribution >= 0.6 is 23.4 Å². The molecule has 2 atom stereocenters. The van der Waals surface area contributed by atoms with Gasteiger partial charge in [-0.05, 0) is 60.3 Å². The van der Waals surface area contributed by atoms with Crippen molar-refractivity contribution in [3.63, 3.8) is 0 Å². The van der Waals surface area contributed by atoms with E-state index < -0.39 is 0 Å². The molecule has 2 fully saturated rings. The minimum atomic E-state index is -0.323. The van der Waals surface area contributed by atoms with Crippen molar-refractivity contribution in [3.8, 4) is 11.1 Å². The molecule has 0 spiro atoms. The average molecular weight is 446 g/mol. The van der Waals surface area contributed by atoms with Gasteiger partial charge in [-0.15, -0.1) is 11.8 Å². The number of amides is 1. The standard InChI is InChI=1S/C24H28ClNO3S/c25-21-12-8-19(9-13-21)18-6-10-20(11-7-18)24(14-2-4-16-30-24)17-22(27)26-29-23-5-1-3-15-28-23/h6-13,23H,1-5,14-17H2,(H,26,27). The van der Waals surface area contributed by atoms with Gasteiger partial charge in [-0.2, -0.15) is 0 Å². The summed E-state index contributed by atoms with van der Waals surface area (Å²) in [6, 6.07) is 16.5. The fourth-order valence-corrected chi connectivity index (χ4v) is 5.85. The van der Waals surface area contributed by atoms with E-state index in [2.05, 4.69) is 29.7 Å². The van der Waals surface area contributed by atoms with Crippen LogP contribution in [0.4, 0.5) is 0 Å². The molecule has 2 aromatic rings. The van der Waals surface area contributed by atoms with E-state index in [9.17, 15) is 4.79 Å². The van der Waals surface area contributed by atoms with E-state index in [4.69, 9.17) is 21.2 Å². The van der Waals surface area contributed by atoms with Crippen LogP contribution in [0.15, 0.2) is 48.5 Å². The van der Waals surface area contributed by atoms with E-state index in [1.807, 2.05) is 36.0 Å². The molecule has 4 rings (SSSR count). The zero-order valence-corrected chi connectivity index (χ0v) is 18.6. The molecule has 0 saturated carbocycles. The molecule has 0 radical (unpaired) electrons. The molecule has 2 unspecified atom stereocenters. The van der Waals surface area contributed by atoms with Gasteiger partial charge in [0.1, 0.15) is 0 Å². The van der Waals surface area contributed by atoms with Gasteiger partial charge >= 0.3 is 0 Å². The zero-order chi connectivity index (χ0) is 20.8. The second-order valence-electron chi connectivity index (χ2n) is 8.00. The highest BCUT2D eigenvalue weighted by Crippen LogP contribution is 2.48. The Morgan fingerprint density at radius 3 is 2.43 bits per heavy atom. The molecule has 2 aromatic carbocycles. The summed E-state index contributed by atoms with van der Waals surface area (Å²) in [5.74, 6) is 0.985. The largest absolute Gasteiger partial charge is 0.350 e. The second kappa shape index (κ2) is 10.2. The maximum Gasteiger partial charge on any atom is 0.245 e. The first-order valence-corrected chi connectivity index (χ1v) is 12.1. The van der Waals surface area contributed by atoms with Crippen LogP contribution in [0.5, 0.6) is 0 Å². The molecular formula is C24H28ClNO3S. The number of thioether (sulfide) groups is 1. The van der Waals surface area contributed by atoms with Gasteiger partial charge in [-0.1, -0.05) is 54.4 Å². The fourth-order valence-electron chi connectivity index (χ4n) is 4.16. The molecule has 0 bridgehead atoms. The summed E-state index contributed by atoms with van der Waals surface area (Å²) in [7, 11) is 0. The lowest BCUT2D eigenvalue weighted by atomic mass is 9.87. The number of benzene rings is 2. The normalized spacial score (nSPS) is 24.4. The molecule has 160 valence electrons. The van der Waals surface area contributed by atoms with Crippen LogP contribution in [0.1, 0.15) is 50.5 Å². The fraction of sp³-hybridized carbons (Fsp3) is 0.458. The van der Waals surface area contributed by atoms with Crippen LogP contribution in [0.25, 0.3) is 11.1 Å². The van der Waals surface area contributed by atoms with Crippen molar-refractivity contribution in [1.82, 2.24) is 5.48 Å². The highest BCUT2D eigenvalue weighted by Gasteiger charge is 2.37. The molecule has 2 saturated heterocycles. The lowest BCUT2D eigenvalue weighted by Gasteiger charge is -2.37. The topological polar surface area (TPSA) is 47.6 Å². The Morgan fingerprint density at radius 1 is 1.07 bits per heavy atom. The van der Waals surface area contributed by atoms with Gasteiger partial charge in [0.15, 0.2) is 6.29 Å². The van der Waals surface area contributed by atoms with Gasteiger partial charge in [0.05, 0.1) is 0 Å². The number of ether oxygens (including phenoxy) is 1. The Morgan fingerprint density at radius 2 is 1.80 bits per heavy atom. The first-order valence-electron chi connectivity index (χ1n) is 10.7.